The predicted molar refractivity (Wildman–Crippen MR) is 200 cm³/mol. The minimum atomic E-state index is -0.601. The maximum absolute atomic E-state index is 14.4. The molecule has 0 aromatic heterocycles. The Kier molecular flexibility index (Phi) is 21.0. The monoisotopic (exact) mass is 664 g/mol. The van der Waals surface area contributed by atoms with Gasteiger partial charge in [0.25, 0.3) is 0 Å². The van der Waals surface area contributed by atoms with Crippen molar-refractivity contribution in [1.29, 1.82) is 5.26 Å². The van der Waals surface area contributed by atoms with Crippen LogP contribution in [0.2, 0.25) is 0 Å². The largest absolute Gasteiger partial charge is 0.394 e. The van der Waals surface area contributed by atoms with E-state index in [9.17, 15) is 9.18 Å². The average molecular weight is 665 g/mol. The summed E-state index contributed by atoms with van der Waals surface area (Å²) in [5.41, 5.74) is 9.49. The number of hydrogen-bond acceptors (Lipinski definition) is 7. The Balaban J connectivity index is 0.000000753. The van der Waals surface area contributed by atoms with Crippen LogP contribution in [0.5, 0.6) is 0 Å². The number of hydrogen-bond donors (Lipinski definition) is 2. The van der Waals surface area contributed by atoms with E-state index in [0.717, 1.165) is 49.6 Å². The van der Waals surface area contributed by atoms with Gasteiger partial charge in [-0.1, -0.05) is 66.0 Å². The molecule has 3 rings (SSSR count). The SMILES string of the molecule is C/C=C(\C=C(\c1ccc(C#N)c(F)c1)N(C)c1ccc(N2CCC(OCCO)CC2)cc1)C(C)=O.CC.CCC(C)CCCC(N)CC. The second kappa shape index (κ2) is 23.8. The Bertz CT molecular complexity index is 1300. The van der Waals surface area contributed by atoms with Gasteiger partial charge in [-0.15, -0.1) is 0 Å². The molecule has 266 valence electrons. The number of aliphatic hydroxyl groups is 1. The second-order valence-corrected chi connectivity index (χ2v) is 12.1. The van der Waals surface area contributed by atoms with Crippen molar-refractivity contribution in [2.75, 3.05) is 43.2 Å². The predicted octanol–water partition coefficient (Wildman–Crippen LogP) is 8.65. The molecule has 2 atom stereocenters. The first kappa shape index (κ1) is 42.5. The molecular formula is C40H61FN4O3. The molecule has 0 bridgehead atoms. The second-order valence-electron chi connectivity index (χ2n) is 12.1. The van der Waals surface area contributed by atoms with E-state index >= 15 is 0 Å². The van der Waals surface area contributed by atoms with E-state index in [1.54, 1.807) is 25.1 Å². The molecule has 1 aliphatic heterocycles. The molecule has 48 heavy (non-hydrogen) atoms. The molecule has 0 radical (unpaired) electrons. The van der Waals surface area contributed by atoms with Gasteiger partial charge in [-0.2, -0.15) is 5.26 Å². The normalized spacial score (nSPS) is 14.9. The van der Waals surface area contributed by atoms with E-state index < -0.39 is 5.82 Å². The van der Waals surface area contributed by atoms with Gasteiger partial charge in [0.05, 0.1) is 24.9 Å². The van der Waals surface area contributed by atoms with Crippen LogP contribution in [0.3, 0.4) is 0 Å². The molecule has 7 nitrogen and oxygen atoms in total. The third-order valence-corrected chi connectivity index (χ3v) is 8.74. The molecule has 8 heteroatoms. The molecule has 1 heterocycles. The highest BCUT2D eigenvalue weighted by atomic mass is 19.1. The lowest BCUT2D eigenvalue weighted by Gasteiger charge is -2.34. The van der Waals surface area contributed by atoms with Crippen molar-refractivity contribution < 1.29 is 19.0 Å². The van der Waals surface area contributed by atoms with Gasteiger partial charge in [-0.05, 0) is 87.9 Å². The molecule has 1 fully saturated rings. The van der Waals surface area contributed by atoms with Crippen molar-refractivity contribution in [1.82, 2.24) is 0 Å². The van der Waals surface area contributed by atoms with Gasteiger partial charge in [0.2, 0.25) is 0 Å². The number of carbonyl (C=O) groups is 1. The molecule has 1 saturated heterocycles. The Morgan fingerprint density at radius 2 is 1.79 bits per heavy atom. The smallest absolute Gasteiger partial charge is 0.159 e. The number of aliphatic hydroxyl groups excluding tert-OH is 1. The van der Waals surface area contributed by atoms with Crippen LogP contribution in [0.15, 0.2) is 60.2 Å². The molecule has 2 unspecified atom stereocenters. The fraction of sp³-hybridized carbons (Fsp3) is 0.550. The van der Waals surface area contributed by atoms with Gasteiger partial charge in [0, 0.05) is 54.4 Å². The lowest BCUT2D eigenvalue weighted by atomic mass is 9.99. The number of rotatable bonds is 15. The van der Waals surface area contributed by atoms with Crippen LogP contribution >= 0.6 is 0 Å². The van der Waals surface area contributed by atoms with Gasteiger partial charge in [-0.3, -0.25) is 4.79 Å². The van der Waals surface area contributed by atoms with Crippen molar-refractivity contribution in [2.24, 2.45) is 11.7 Å². The Morgan fingerprint density at radius 1 is 1.15 bits per heavy atom. The van der Waals surface area contributed by atoms with Crippen LogP contribution in [-0.2, 0) is 9.53 Å². The quantitative estimate of drug-likeness (QED) is 0.145. The summed E-state index contributed by atoms with van der Waals surface area (Å²) in [4.78, 5) is 16.3. The summed E-state index contributed by atoms with van der Waals surface area (Å²) in [7, 11) is 1.87. The van der Waals surface area contributed by atoms with Crippen molar-refractivity contribution in [3.63, 3.8) is 0 Å². The summed E-state index contributed by atoms with van der Waals surface area (Å²) in [6, 6.07) is 14.9. The topological polar surface area (TPSA) is 103 Å². The number of nitriles is 1. The van der Waals surface area contributed by atoms with Crippen LogP contribution in [0.1, 0.15) is 105 Å². The first-order valence-corrected chi connectivity index (χ1v) is 17.7. The molecule has 1 aliphatic rings. The summed E-state index contributed by atoms with van der Waals surface area (Å²) < 4.78 is 20.1. The number of ether oxygens (including phenoxy) is 1. The third-order valence-electron chi connectivity index (χ3n) is 8.74. The highest BCUT2D eigenvalue weighted by molar-refractivity contribution is 5.99. The Hall–Kier alpha value is -3.51. The van der Waals surface area contributed by atoms with Gasteiger partial charge in [0.15, 0.2) is 5.78 Å². The fourth-order valence-electron chi connectivity index (χ4n) is 5.34. The van der Waals surface area contributed by atoms with Crippen molar-refractivity contribution in [3.8, 4) is 6.07 Å². The number of ketones is 1. The van der Waals surface area contributed by atoms with Crippen LogP contribution < -0.4 is 15.5 Å². The van der Waals surface area contributed by atoms with Crippen LogP contribution in [0.4, 0.5) is 15.8 Å². The number of allylic oxidation sites excluding steroid dienone is 3. The minimum absolute atomic E-state index is 0.0246. The first-order chi connectivity index (χ1) is 23.1. The molecule has 0 aliphatic carbocycles. The van der Waals surface area contributed by atoms with Crippen molar-refractivity contribution in [3.05, 3.63) is 77.1 Å². The first-order valence-electron chi connectivity index (χ1n) is 17.7. The Morgan fingerprint density at radius 3 is 2.29 bits per heavy atom. The molecule has 3 N–H and O–H groups in total. The van der Waals surface area contributed by atoms with E-state index in [-0.39, 0.29) is 24.1 Å². The maximum Gasteiger partial charge on any atom is 0.159 e. The van der Waals surface area contributed by atoms with Crippen LogP contribution in [-0.4, -0.2) is 56.4 Å². The van der Waals surface area contributed by atoms with Crippen molar-refractivity contribution >= 4 is 22.9 Å². The molecule has 0 saturated carbocycles. The molecule has 2 aromatic carbocycles. The van der Waals surface area contributed by atoms with E-state index in [0.29, 0.717) is 29.5 Å². The number of Topliss-reactive ketones (excluding diaryl/α,β-unsaturated/α-hetero) is 1. The number of piperidine rings is 1. The Labute approximate surface area is 290 Å². The van der Waals surface area contributed by atoms with Crippen molar-refractivity contribution in [2.45, 2.75) is 106 Å². The third kappa shape index (κ3) is 14.3. The fourth-order valence-corrected chi connectivity index (χ4v) is 5.34. The number of anilines is 2. The highest BCUT2D eigenvalue weighted by Crippen LogP contribution is 2.30. The van der Waals surface area contributed by atoms with Crippen LogP contribution in [0, 0.1) is 23.1 Å². The lowest BCUT2D eigenvalue weighted by molar-refractivity contribution is -0.113. The minimum Gasteiger partial charge on any atom is -0.394 e. The summed E-state index contributed by atoms with van der Waals surface area (Å²) >= 11 is 0. The molecular weight excluding hydrogens is 603 g/mol. The van der Waals surface area contributed by atoms with E-state index in [1.165, 1.54) is 44.7 Å². The zero-order chi connectivity index (χ0) is 36.1. The van der Waals surface area contributed by atoms with E-state index in [1.807, 2.05) is 44.0 Å². The number of carbonyl (C=O) groups excluding carboxylic acids is 1. The zero-order valence-electron chi connectivity index (χ0n) is 30.8. The zero-order valence-corrected chi connectivity index (χ0v) is 30.8. The number of nitrogens with two attached hydrogens (primary N) is 1. The number of benzene rings is 2. The summed E-state index contributed by atoms with van der Waals surface area (Å²) in [6.07, 6.45) is 11.8. The number of halogens is 1. The van der Waals surface area contributed by atoms with Gasteiger partial charge in [0.1, 0.15) is 11.9 Å². The summed E-state index contributed by atoms with van der Waals surface area (Å²) in [6.45, 7) is 16.2. The van der Waals surface area contributed by atoms with Gasteiger partial charge >= 0.3 is 0 Å². The van der Waals surface area contributed by atoms with E-state index in [4.69, 9.17) is 20.8 Å². The van der Waals surface area contributed by atoms with Gasteiger partial charge < -0.3 is 25.4 Å². The standard InChI is InChI=1S/C28H32FN3O3.C10H23N.C2H6/c1-4-21(20(2)34)18-28(22-5-6-23(19-30)27(29)17-22)31(3)24-7-9-25(10-8-24)32-13-11-26(12-14-32)35-16-15-33;1-4-9(3)7-6-8-10(11)5-2;1-2/h4-10,17-18,26,33H,11-16H2,1-3H3;9-10H,4-8,11H2,1-3H3;1-2H3/b21-4+,28-18-;;. The number of nitrogens with zero attached hydrogens (tertiary/aromatic N) is 3. The molecule has 2 aromatic rings. The summed E-state index contributed by atoms with van der Waals surface area (Å²) in [5, 5.41) is 18.0. The molecule has 0 spiro atoms. The van der Waals surface area contributed by atoms with E-state index in [2.05, 4.69) is 37.8 Å². The lowest BCUT2D eigenvalue weighted by Crippen LogP contribution is -2.37. The summed E-state index contributed by atoms with van der Waals surface area (Å²) in [5.74, 6) is 0.198. The maximum atomic E-state index is 14.4. The van der Waals surface area contributed by atoms with Gasteiger partial charge in [-0.25, -0.2) is 4.39 Å². The average Bonchev–Trinajstić information content (AvgIpc) is 3.12. The molecule has 0 amide bonds. The highest BCUT2D eigenvalue weighted by Gasteiger charge is 2.20. The van der Waals surface area contributed by atoms with Crippen LogP contribution in [0.25, 0.3) is 5.70 Å².